The van der Waals surface area contributed by atoms with Crippen molar-refractivity contribution < 1.29 is 0 Å². The molecule has 0 saturated carbocycles. The van der Waals surface area contributed by atoms with Gasteiger partial charge in [-0.3, -0.25) is 0 Å². The van der Waals surface area contributed by atoms with Crippen molar-refractivity contribution >= 4 is 0 Å². The van der Waals surface area contributed by atoms with Gasteiger partial charge in [0.05, 0.1) is 5.66 Å². The Morgan fingerprint density at radius 1 is 0.800 bits per heavy atom. The highest BCUT2D eigenvalue weighted by atomic mass is 15.2. The third-order valence-corrected chi connectivity index (χ3v) is 2.50. The van der Waals surface area contributed by atoms with E-state index in [0.29, 0.717) is 0 Å². The standard InChI is InChI=1S/C8H20N2/c1-7(2,3)8(4,9-5)10-6/h9-10H,1-6H3. The van der Waals surface area contributed by atoms with Crippen LogP contribution in [-0.4, -0.2) is 19.8 Å². The van der Waals surface area contributed by atoms with Crippen LogP contribution < -0.4 is 10.6 Å². The van der Waals surface area contributed by atoms with Crippen LogP contribution in [0.1, 0.15) is 27.7 Å². The summed E-state index contributed by atoms with van der Waals surface area (Å²) in [6.45, 7) is 8.78. The van der Waals surface area contributed by atoms with Crippen molar-refractivity contribution in [2.75, 3.05) is 14.1 Å². The van der Waals surface area contributed by atoms with Gasteiger partial charge in [0.25, 0.3) is 0 Å². The molecular formula is C8H20N2. The van der Waals surface area contributed by atoms with E-state index in [9.17, 15) is 0 Å². The molecule has 0 radical (unpaired) electrons. The van der Waals surface area contributed by atoms with E-state index in [-0.39, 0.29) is 11.1 Å². The van der Waals surface area contributed by atoms with Crippen molar-refractivity contribution in [3.63, 3.8) is 0 Å². The maximum Gasteiger partial charge on any atom is 0.0703 e. The summed E-state index contributed by atoms with van der Waals surface area (Å²) in [7, 11) is 3.95. The Morgan fingerprint density at radius 3 is 1.10 bits per heavy atom. The van der Waals surface area contributed by atoms with E-state index in [2.05, 4.69) is 38.3 Å². The highest BCUT2D eigenvalue weighted by molar-refractivity contribution is 4.89. The fraction of sp³-hybridized carbons (Fsp3) is 1.00. The third kappa shape index (κ3) is 1.70. The molecule has 10 heavy (non-hydrogen) atoms. The van der Waals surface area contributed by atoms with Crippen LogP contribution >= 0.6 is 0 Å². The minimum absolute atomic E-state index is 0.0208. The molecular weight excluding hydrogens is 124 g/mol. The minimum Gasteiger partial charge on any atom is -0.302 e. The van der Waals surface area contributed by atoms with Gasteiger partial charge in [0.15, 0.2) is 0 Å². The van der Waals surface area contributed by atoms with Gasteiger partial charge >= 0.3 is 0 Å². The van der Waals surface area contributed by atoms with Gasteiger partial charge in [-0.25, -0.2) is 0 Å². The Hall–Kier alpha value is -0.0800. The molecule has 0 bridgehead atoms. The average Bonchev–Trinajstić information content (AvgIpc) is 1.84. The van der Waals surface area contributed by atoms with Crippen LogP contribution in [0.4, 0.5) is 0 Å². The topological polar surface area (TPSA) is 24.1 Å². The largest absolute Gasteiger partial charge is 0.302 e. The molecule has 2 N–H and O–H groups in total. The van der Waals surface area contributed by atoms with Gasteiger partial charge in [-0.15, -0.1) is 0 Å². The molecule has 0 aromatic rings. The lowest BCUT2D eigenvalue weighted by Gasteiger charge is -2.41. The van der Waals surface area contributed by atoms with Gasteiger partial charge in [-0.1, -0.05) is 20.8 Å². The monoisotopic (exact) mass is 144 g/mol. The predicted octanol–water partition coefficient (Wildman–Crippen LogP) is 1.19. The minimum atomic E-state index is 0.0208. The summed E-state index contributed by atoms with van der Waals surface area (Å²) in [5.74, 6) is 0. The average molecular weight is 144 g/mol. The fourth-order valence-electron chi connectivity index (χ4n) is 0.875. The molecule has 2 heteroatoms. The van der Waals surface area contributed by atoms with E-state index in [4.69, 9.17) is 0 Å². The number of rotatable bonds is 2. The van der Waals surface area contributed by atoms with Crippen molar-refractivity contribution in [1.82, 2.24) is 10.6 Å². The maximum absolute atomic E-state index is 3.26. The Labute approximate surface area is 64.4 Å². The molecule has 0 saturated heterocycles. The summed E-state index contributed by atoms with van der Waals surface area (Å²) in [4.78, 5) is 0. The molecule has 0 aliphatic heterocycles. The van der Waals surface area contributed by atoms with Gasteiger partial charge in [0.2, 0.25) is 0 Å². The van der Waals surface area contributed by atoms with Gasteiger partial charge in [0, 0.05) is 0 Å². The lowest BCUT2D eigenvalue weighted by molar-refractivity contribution is 0.135. The van der Waals surface area contributed by atoms with Crippen molar-refractivity contribution in [3.8, 4) is 0 Å². The maximum atomic E-state index is 3.26. The summed E-state index contributed by atoms with van der Waals surface area (Å²) in [5, 5.41) is 6.51. The van der Waals surface area contributed by atoms with Gasteiger partial charge in [-0.05, 0) is 26.4 Å². The molecule has 2 nitrogen and oxygen atoms in total. The molecule has 0 aromatic carbocycles. The second-order valence-electron chi connectivity index (χ2n) is 3.88. The Kier molecular flexibility index (Phi) is 2.86. The van der Waals surface area contributed by atoms with Crippen LogP contribution in [0.25, 0.3) is 0 Å². The van der Waals surface area contributed by atoms with E-state index in [1.54, 1.807) is 0 Å². The first-order valence-corrected chi connectivity index (χ1v) is 3.75. The highest BCUT2D eigenvalue weighted by Gasteiger charge is 2.33. The summed E-state index contributed by atoms with van der Waals surface area (Å²) in [6, 6.07) is 0. The smallest absolute Gasteiger partial charge is 0.0703 e. The van der Waals surface area contributed by atoms with Crippen molar-refractivity contribution in [1.29, 1.82) is 0 Å². The van der Waals surface area contributed by atoms with Gasteiger partial charge in [-0.2, -0.15) is 0 Å². The lowest BCUT2D eigenvalue weighted by atomic mass is 9.82. The summed E-state index contributed by atoms with van der Waals surface area (Å²) < 4.78 is 0. The SMILES string of the molecule is CNC(C)(NC)C(C)(C)C. The van der Waals surface area contributed by atoms with Crippen LogP contribution in [0.3, 0.4) is 0 Å². The van der Waals surface area contributed by atoms with E-state index < -0.39 is 0 Å². The molecule has 0 atom stereocenters. The van der Waals surface area contributed by atoms with Crippen LogP contribution in [0.15, 0.2) is 0 Å². The molecule has 0 aliphatic rings. The van der Waals surface area contributed by atoms with Crippen LogP contribution in [0.5, 0.6) is 0 Å². The van der Waals surface area contributed by atoms with Crippen molar-refractivity contribution in [3.05, 3.63) is 0 Å². The number of hydrogen-bond acceptors (Lipinski definition) is 2. The highest BCUT2D eigenvalue weighted by Crippen LogP contribution is 2.26. The zero-order chi connectivity index (χ0) is 8.41. The molecule has 0 aliphatic carbocycles. The Bertz CT molecular complexity index is 98.3. The van der Waals surface area contributed by atoms with Crippen LogP contribution in [-0.2, 0) is 0 Å². The van der Waals surface area contributed by atoms with Crippen LogP contribution in [0, 0.1) is 5.41 Å². The summed E-state index contributed by atoms with van der Waals surface area (Å²) in [5.41, 5.74) is 0.253. The molecule has 62 valence electrons. The Morgan fingerprint density at radius 2 is 1.10 bits per heavy atom. The normalized spacial score (nSPS) is 13.8. The lowest BCUT2D eigenvalue weighted by Crippen LogP contribution is -2.60. The Balaban J connectivity index is 4.33. The summed E-state index contributed by atoms with van der Waals surface area (Å²) in [6.07, 6.45) is 0. The second kappa shape index (κ2) is 2.89. The van der Waals surface area contributed by atoms with E-state index >= 15 is 0 Å². The molecule has 0 fully saturated rings. The molecule has 0 aromatic heterocycles. The second-order valence-corrected chi connectivity index (χ2v) is 3.88. The van der Waals surface area contributed by atoms with E-state index in [1.807, 2.05) is 14.1 Å². The molecule has 0 rings (SSSR count). The summed E-state index contributed by atoms with van der Waals surface area (Å²) >= 11 is 0. The molecule has 0 unspecified atom stereocenters. The van der Waals surface area contributed by atoms with Crippen LogP contribution in [0.2, 0.25) is 0 Å². The third-order valence-electron chi connectivity index (χ3n) is 2.50. The first-order chi connectivity index (χ1) is 4.37. The van der Waals surface area contributed by atoms with E-state index in [1.165, 1.54) is 0 Å². The van der Waals surface area contributed by atoms with Crippen molar-refractivity contribution in [2.24, 2.45) is 5.41 Å². The number of hydrogen-bond donors (Lipinski definition) is 2. The van der Waals surface area contributed by atoms with Gasteiger partial charge in [0.1, 0.15) is 0 Å². The molecule has 0 amide bonds. The van der Waals surface area contributed by atoms with Gasteiger partial charge < -0.3 is 10.6 Å². The fourth-order valence-corrected chi connectivity index (χ4v) is 0.875. The zero-order valence-corrected chi connectivity index (χ0v) is 8.00. The first-order valence-electron chi connectivity index (χ1n) is 3.75. The molecule has 0 heterocycles. The quantitative estimate of drug-likeness (QED) is 0.569. The zero-order valence-electron chi connectivity index (χ0n) is 8.00. The first kappa shape index (κ1) is 9.92. The van der Waals surface area contributed by atoms with Crippen molar-refractivity contribution in [2.45, 2.75) is 33.4 Å². The predicted molar refractivity (Wildman–Crippen MR) is 46.0 cm³/mol. The number of nitrogens with one attached hydrogen (secondary N) is 2. The molecule has 0 spiro atoms. The van der Waals surface area contributed by atoms with E-state index in [0.717, 1.165) is 0 Å².